The Hall–Kier alpha value is -4.18. The van der Waals surface area contributed by atoms with Gasteiger partial charge in [-0.05, 0) is 16.7 Å². The molecule has 1 aliphatic rings. The molecule has 189 valence electrons. The zero-order chi connectivity index (χ0) is 27.7. The average Bonchev–Trinajstić information content (AvgIpc) is 3.23. The zero-order valence-electron chi connectivity index (χ0n) is 20.0. The largest absolute Gasteiger partial charge is 3.00 e. The number of rotatable bonds is 7. The number of benzene rings is 3. The summed E-state index contributed by atoms with van der Waals surface area (Å²) in [6.45, 7) is 13.2. The Morgan fingerprint density at radius 2 is 1.18 bits per heavy atom. The van der Waals surface area contributed by atoms with Crippen molar-refractivity contribution in [3.8, 4) is 0 Å². The predicted molar refractivity (Wildman–Crippen MR) is 127 cm³/mol. The number of hydrogen-bond acceptors (Lipinski definition) is 4. The van der Waals surface area contributed by atoms with Crippen LogP contribution in [0.5, 0.6) is 0 Å². The number of nitrogens with zero attached hydrogens (tertiary/aromatic N) is 1. The molecule has 3 aromatic carbocycles. The molecule has 0 aliphatic carbocycles. The molecule has 1 radical (unpaired) electrons. The minimum Gasteiger partial charge on any atom is 3.00 e. The second-order valence-corrected chi connectivity index (χ2v) is 7.26. The van der Waals surface area contributed by atoms with Crippen LogP contribution in [-0.2, 0) is 57.6 Å². The van der Waals surface area contributed by atoms with Gasteiger partial charge in [-0.15, -0.1) is 0 Å². The molecule has 9 nitrogen and oxygen atoms in total. The van der Waals surface area contributed by atoms with Crippen LogP contribution in [0.4, 0.5) is 4.79 Å². The maximum Gasteiger partial charge on any atom is 3.00 e. The molecule has 4 rings (SSSR count). The van der Waals surface area contributed by atoms with Crippen molar-refractivity contribution in [3.63, 3.8) is 0 Å². The number of amides is 3. The van der Waals surface area contributed by atoms with Crippen LogP contribution in [-0.4, -0.2) is 36.0 Å². The molecule has 10 heteroatoms. The summed E-state index contributed by atoms with van der Waals surface area (Å²) in [5, 5.41) is 2.82. The van der Waals surface area contributed by atoms with E-state index in [4.69, 9.17) is 18.7 Å². The number of nitrogens with one attached hydrogen (secondary N) is 1. The van der Waals surface area contributed by atoms with Gasteiger partial charge in [0.1, 0.15) is 6.54 Å². The summed E-state index contributed by atoms with van der Waals surface area (Å²) in [5.74, 6) is -1.13. The van der Waals surface area contributed by atoms with E-state index in [0.717, 1.165) is 10.5 Å². The molecule has 38 heavy (non-hydrogen) atoms. The molecule has 1 heterocycles. The number of hydrogen-bond donors (Lipinski definition) is 1. The molecule has 0 atom stereocenters. The van der Waals surface area contributed by atoms with Crippen molar-refractivity contribution in [2.24, 2.45) is 0 Å². The van der Waals surface area contributed by atoms with E-state index in [0.29, 0.717) is 17.5 Å². The first-order valence-electron chi connectivity index (χ1n) is 10.7. The number of carbonyl (C=O) groups excluding carboxylic acids is 3. The summed E-state index contributed by atoms with van der Waals surface area (Å²) in [7, 11) is 0. The van der Waals surface area contributed by atoms with Gasteiger partial charge in [0, 0.05) is 6.42 Å². The first-order chi connectivity index (χ1) is 18.1. The van der Waals surface area contributed by atoms with Gasteiger partial charge < -0.3 is 10.1 Å². The van der Waals surface area contributed by atoms with Crippen molar-refractivity contribution in [3.05, 3.63) is 128 Å². The normalized spacial score (nSPS) is 12.3. The molecule has 1 aliphatic heterocycles. The van der Waals surface area contributed by atoms with E-state index < -0.39 is 30.0 Å². The fourth-order valence-corrected chi connectivity index (χ4v) is 3.76. The van der Waals surface area contributed by atoms with Gasteiger partial charge in [0.2, 0.25) is 0 Å². The van der Waals surface area contributed by atoms with E-state index in [-0.39, 0.29) is 24.0 Å². The fraction of sp³-hybridized carbons (Fsp3) is 0.143. The summed E-state index contributed by atoms with van der Waals surface area (Å²) in [4.78, 5) is 39.6. The zero-order valence-corrected chi connectivity index (χ0v) is 21.3. The van der Waals surface area contributed by atoms with Gasteiger partial charge in [0.05, 0.1) is 6.61 Å². The first kappa shape index (κ1) is 33.8. The monoisotopic (exact) mass is 550 g/mol. The van der Waals surface area contributed by atoms with Crippen molar-refractivity contribution < 1.29 is 50.4 Å². The minimum atomic E-state index is -1.38. The molecule has 1 saturated heterocycles. The second kappa shape index (κ2) is 18.1. The van der Waals surface area contributed by atoms with E-state index in [9.17, 15) is 14.4 Å². The van der Waals surface area contributed by atoms with Gasteiger partial charge in [0.25, 0.3) is 5.91 Å². The van der Waals surface area contributed by atoms with Crippen molar-refractivity contribution in [2.75, 3.05) is 13.2 Å². The predicted octanol–water partition coefficient (Wildman–Crippen LogP) is 3.15. The van der Waals surface area contributed by atoms with Gasteiger partial charge >= 0.3 is 63.3 Å². The van der Waals surface area contributed by atoms with Crippen LogP contribution in [0.3, 0.4) is 0 Å². The van der Waals surface area contributed by atoms with Crippen molar-refractivity contribution in [2.45, 2.75) is 12.0 Å². The van der Waals surface area contributed by atoms with Gasteiger partial charge in [-0.25, -0.2) is 4.79 Å². The quantitative estimate of drug-likeness (QED) is 0.209. The first-order valence-corrected chi connectivity index (χ1v) is 10.7. The maximum absolute atomic E-state index is 13.5. The van der Waals surface area contributed by atoms with Crippen LogP contribution in [0.25, 0.3) is 0 Å². The maximum atomic E-state index is 13.5. The van der Waals surface area contributed by atoms with Gasteiger partial charge in [-0.2, -0.15) is 0 Å². The molecular weight excluding hydrogens is 528 g/mol. The molecular formula is C28H22CrN2O7+3. The topological polar surface area (TPSA) is 135 Å². The van der Waals surface area contributed by atoms with Crippen LogP contribution in [0, 0.1) is 20.0 Å². The van der Waals surface area contributed by atoms with Gasteiger partial charge in [-0.3, -0.25) is 14.5 Å². The summed E-state index contributed by atoms with van der Waals surface area (Å²) in [6.07, 6.45) is 0.560. The molecule has 1 fully saturated rings. The van der Waals surface area contributed by atoms with Crippen molar-refractivity contribution in [1.29, 1.82) is 0 Å². The van der Waals surface area contributed by atoms with Crippen LogP contribution in [0.1, 0.15) is 16.7 Å². The smallest absolute Gasteiger partial charge is 3.00 e. The Morgan fingerprint density at radius 1 is 0.763 bits per heavy atom. The third-order valence-electron chi connectivity index (χ3n) is 5.30. The molecule has 3 aromatic rings. The van der Waals surface area contributed by atoms with E-state index >= 15 is 0 Å². The molecule has 0 bridgehead atoms. The molecule has 3 amide bonds. The Bertz CT molecular complexity index is 1160. The average molecular weight is 550 g/mol. The molecule has 0 saturated carbocycles. The molecule has 0 spiro atoms. The van der Waals surface area contributed by atoms with Crippen LogP contribution in [0.15, 0.2) is 91.0 Å². The van der Waals surface area contributed by atoms with E-state index in [1.807, 2.05) is 42.5 Å². The number of carbonyl (C=O) groups is 3. The van der Waals surface area contributed by atoms with Gasteiger partial charge in [-0.1, -0.05) is 91.0 Å². The second-order valence-electron chi connectivity index (χ2n) is 7.26. The van der Waals surface area contributed by atoms with E-state index in [1.54, 1.807) is 48.5 Å². The van der Waals surface area contributed by atoms with Crippen LogP contribution >= 0.6 is 0 Å². The Kier molecular flexibility index (Phi) is 16.1. The number of urea groups is 1. The number of ether oxygens (including phenoxy) is 1. The van der Waals surface area contributed by atoms with Gasteiger partial charge in [0.15, 0.2) is 5.54 Å². The number of esters is 1. The standard InChI is InChI=1S/C25H22N2O4.3CO.Cr/c28-22(31-17-16-19-10-4-1-5-11-19)18-27-23(29)25(26-24(27)30,20-12-6-2-7-13-20)21-14-8-3-9-15-21;3*1-2;/h1-15H,16-18H2,(H,26,30);;;;/q;;;;+3. The molecule has 0 unspecified atom stereocenters. The van der Waals surface area contributed by atoms with Crippen LogP contribution < -0.4 is 5.32 Å². The summed E-state index contributed by atoms with van der Waals surface area (Å²) in [5.41, 5.74) is 0.903. The number of imide groups is 1. The third kappa shape index (κ3) is 8.17. The van der Waals surface area contributed by atoms with E-state index in [1.165, 1.54) is 0 Å². The van der Waals surface area contributed by atoms with Crippen molar-refractivity contribution in [1.82, 2.24) is 10.2 Å². The SMILES string of the molecule is O=C(CN1C(=O)NC(c2ccccc2)(c2ccccc2)C1=O)OCCc1ccccc1.[C-]#[O+].[C-]#[O+].[C-]#[O+].[Cr+3]. The van der Waals surface area contributed by atoms with E-state index in [2.05, 4.69) is 25.3 Å². The fourth-order valence-electron chi connectivity index (χ4n) is 3.76. The molecule has 1 N–H and O–H groups in total. The Balaban J connectivity index is 0.00000183. The summed E-state index contributed by atoms with van der Waals surface area (Å²) in [6, 6.07) is 27.0. The molecule has 0 aromatic heterocycles. The Labute approximate surface area is 231 Å². The Morgan fingerprint density at radius 3 is 1.63 bits per heavy atom. The third-order valence-corrected chi connectivity index (χ3v) is 5.30. The summed E-state index contributed by atoms with van der Waals surface area (Å²) >= 11 is 0. The van der Waals surface area contributed by atoms with Crippen LogP contribution in [0.2, 0.25) is 0 Å². The minimum absolute atomic E-state index is 0. The summed E-state index contributed by atoms with van der Waals surface area (Å²) < 4.78 is 27.8. The van der Waals surface area contributed by atoms with Crippen molar-refractivity contribution >= 4 is 17.9 Å².